The number of nitrogens with two attached hydrogens (primary N) is 1. The summed E-state index contributed by atoms with van der Waals surface area (Å²) in [7, 11) is -3.80. The fourth-order valence-electron chi connectivity index (χ4n) is 2.25. The molecule has 1 amide bonds. The third kappa shape index (κ3) is 2.81. The molecule has 8 heteroatoms. The number of carbonyl (C=O) groups is 2. The van der Waals surface area contributed by atoms with Crippen molar-refractivity contribution in [2.75, 3.05) is 6.54 Å². The van der Waals surface area contributed by atoms with Crippen LogP contribution in [0.25, 0.3) is 0 Å². The number of rotatable bonds is 5. The SMILES string of the molecule is NS(=O)(=O)C1CC(=O)N(C(CC2CC2)C(=O)O)C1. The second-order valence-corrected chi connectivity index (χ2v) is 6.84. The molecule has 0 spiro atoms. The Labute approximate surface area is 105 Å². The van der Waals surface area contributed by atoms with Gasteiger partial charge < -0.3 is 10.0 Å². The molecule has 3 N–H and O–H groups in total. The number of carboxylic acids is 1. The molecule has 102 valence electrons. The van der Waals surface area contributed by atoms with Crippen molar-refractivity contribution in [2.45, 2.75) is 37.0 Å². The molecular weight excluding hydrogens is 260 g/mol. The molecular formula is C10H16N2O5S. The number of aliphatic carboxylic acids is 1. The summed E-state index contributed by atoms with van der Waals surface area (Å²) in [6.07, 6.45) is 2.14. The van der Waals surface area contributed by atoms with Crippen LogP contribution in [0.5, 0.6) is 0 Å². The molecule has 18 heavy (non-hydrogen) atoms. The van der Waals surface area contributed by atoms with E-state index in [1.54, 1.807) is 0 Å². The lowest BCUT2D eigenvalue weighted by atomic mass is 10.1. The molecule has 1 heterocycles. The van der Waals surface area contributed by atoms with Gasteiger partial charge in [0.15, 0.2) is 0 Å². The summed E-state index contributed by atoms with van der Waals surface area (Å²) < 4.78 is 22.4. The lowest BCUT2D eigenvalue weighted by Crippen LogP contribution is -2.43. The highest BCUT2D eigenvalue weighted by Gasteiger charge is 2.43. The Hall–Kier alpha value is -1.15. The number of hydrogen-bond donors (Lipinski definition) is 2. The van der Waals surface area contributed by atoms with E-state index in [0.717, 1.165) is 17.7 Å². The maximum absolute atomic E-state index is 11.7. The molecule has 7 nitrogen and oxygen atoms in total. The quantitative estimate of drug-likeness (QED) is 0.676. The molecule has 2 aliphatic rings. The van der Waals surface area contributed by atoms with E-state index in [2.05, 4.69) is 0 Å². The van der Waals surface area contributed by atoms with Gasteiger partial charge in [-0.1, -0.05) is 12.8 Å². The Balaban J connectivity index is 2.11. The number of amides is 1. The van der Waals surface area contributed by atoms with Gasteiger partial charge in [0.25, 0.3) is 0 Å². The third-order valence-electron chi connectivity index (χ3n) is 3.50. The second-order valence-electron chi connectivity index (χ2n) is 4.99. The van der Waals surface area contributed by atoms with Crippen LogP contribution in [0.3, 0.4) is 0 Å². The summed E-state index contributed by atoms with van der Waals surface area (Å²) in [6.45, 7) is -0.110. The molecule has 0 aromatic rings. The maximum Gasteiger partial charge on any atom is 0.326 e. The van der Waals surface area contributed by atoms with Gasteiger partial charge >= 0.3 is 5.97 Å². The Kier molecular flexibility index (Phi) is 3.33. The first kappa shape index (κ1) is 13.3. The second kappa shape index (κ2) is 4.51. The molecule has 2 unspecified atom stereocenters. The Bertz CT molecular complexity index is 471. The normalized spacial score (nSPS) is 26.4. The van der Waals surface area contributed by atoms with Crippen molar-refractivity contribution < 1.29 is 23.1 Å². The Morgan fingerprint density at radius 2 is 2.11 bits per heavy atom. The third-order valence-corrected chi connectivity index (χ3v) is 4.75. The molecule has 0 bridgehead atoms. The molecule has 1 saturated heterocycles. The average Bonchev–Trinajstić information content (AvgIpc) is 2.96. The molecule has 0 radical (unpaired) electrons. The summed E-state index contributed by atoms with van der Waals surface area (Å²) in [5, 5.41) is 13.2. The van der Waals surface area contributed by atoms with E-state index in [9.17, 15) is 18.0 Å². The average molecular weight is 276 g/mol. The molecule has 2 rings (SSSR count). The number of primary sulfonamides is 1. The van der Waals surface area contributed by atoms with E-state index in [0.29, 0.717) is 12.3 Å². The van der Waals surface area contributed by atoms with E-state index in [1.165, 1.54) is 0 Å². The standard InChI is InChI=1S/C10H16N2O5S/c11-18(16,17)7-4-9(13)12(5-7)8(10(14)15)3-6-1-2-6/h6-8H,1-5H2,(H,14,15)(H2,11,16,17). The van der Waals surface area contributed by atoms with E-state index in [-0.39, 0.29) is 13.0 Å². The van der Waals surface area contributed by atoms with Crippen LogP contribution in [0.2, 0.25) is 0 Å². The van der Waals surface area contributed by atoms with Crippen LogP contribution in [0.15, 0.2) is 0 Å². The van der Waals surface area contributed by atoms with Crippen LogP contribution in [-0.2, 0) is 19.6 Å². The molecule has 1 aliphatic carbocycles. The minimum Gasteiger partial charge on any atom is -0.480 e. The van der Waals surface area contributed by atoms with Crippen LogP contribution >= 0.6 is 0 Å². The minimum atomic E-state index is -3.80. The highest BCUT2D eigenvalue weighted by atomic mass is 32.2. The van der Waals surface area contributed by atoms with Gasteiger partial charge in [-0.2, -0.15) is 0 Å². The van der Waals surface area contributed by atoms with Crippen molar-refractivity contribution in [3.05, 3.63) is 0 Å². The van der Waals surface area contributed by atoms with Crippen molar-refractivity contribution in [1.29, 1.82) is 0 Å². The van der Waals surface area contributed by atoms with Crippen LogP contribution in [0, 0.1) is 5.92 Å². The fourth-order valence-corrected chi connectivity index (χ4v) is 2.99. The Morgan fingerprint density at radius 1 is 1.50 bits per heavy atom. The molecule has 0 aromatic carbocycles. The van der Waals surface area contributed by atoms with Gasteiger partial charge in [0.2, 0.25) is 15.9 Å². The molecule has 1 aliphatic heterocycles. The lowest BCUT2D eigenvalue weighted by Gasteiger charge is -2.24. The van der Waals surface area contributed by atoms with Crippen LogP contribution < -0.4 is 5.14 Å². The van der Waals surface area contributed by atoms with Crippen LogP contribution in [0.4, 0.5) is 0 Å². The van der Waals surface area contributed by atoms with Gasteiger partial charge in [0.1, 0.15) is 11.3 Å². The minimum absolute atomic E-state index is 0.110. The lowest BCUT2D eigenvalue weighted by molar-refractivity contribution is -0.148. The van der Waals surface area contributed by atoms with E-state index < -0.39 is 33.2 Å². The number of hydrogen-bond acceptors (Lipinski definition) is 4. The maximum atomic E-state index is 11.7. The van der Waals surface area contributed by atoms with Gasteiger partial charge in [0, 0.05) is 13.0 Å². The predicted molar refractivity (Wildman–Crippen MR) is 62.0 cm³/mol. The number of likely N-dealkylation sites (tertiary alicyclic amines) is 1. The molecule has 1 saturated carbocycles. The monoisotopic (exact) mass is 276 g/mol. The van der Waals surface area contributed by atoms with Gasteiger partial charge in [0.05, 0.1) is 0 Å². The summed E-state index contributed by atoms with van der Waals surface area (Å²) in [5.74, 6) is -1.18. The van der Waals surface area contributed by atoms with E-state index in [4.69, 9.17) is 10.2 Å². The largest absolute Gasteiger partial charge is 0.480 e. The van der Waals surface area contributed by atoms with Gasteiger partial charge in [-0.25, -0.2) is 18.4 Å². The predicted octanol–water partition coefficient (Wildman–Crippen LogP) is -0.871. The smallest absolute Gasteiger partial charge is 0.326 e. The number of carbonyl (C=O) groups excluding carboxylic acids is 1. The number of carboxylic acid groups (broad SMARTS) is 1. The van der Waals surface area contributed by atoms with E-state index >= 15 is 0 Å². The summed E-state index contributed by atoms with van der Waals surface area (Å²) >= 11 is 0. The topological polar surface area (TPSA) is 118 Å². The van der Waals surface area contributed by atoms with Crippen molar-refractivity contribution in [3.8, 4) is 0 Å². The number of sulfonamides is 1. The van der Waals surface area contributed by atoms with Gasteiger partial charge in [-0.15, -0.1) is 0 Å². The zero-order valence-electron chi connectivity index (χ0n) is 9.78. The summed E-state index contributed by atoms with van der Waals surface area (Å²) in [6, 6.07) is -0.920. The zero-order chi connectivity index (χ0) is 13.5. The molecule has 0 aromatic heterocycles. The molecule has 2 fully saturated rings. The highest BCUT2D eigenvalue weighted by molar-refractivity contribution is 7.89. The molecule has 2 atom stereocenters. The van der Waals surface area contributed by atoms with Crippen molar-refractivity contribution in [3.63, 3.8) is 0 Å². The fraction of sp³-hybridized carbons (Fsp3) is 0.800. The Morgan fingerprint density at radius 3 is 2.50 bits per heavy atom. The van der Waals surface area contributed by atoms with Crippen LogP contribution in [0.1, 0.15) is 25.7 Å². The van der Waals surface area contributed by atoms with E-state index in [1.807, 2.05) is 0 Å². The van der Waals surface area contributed by atoms with Crippen molar-refractivity contribution >= 4 is 21.9 Å². The summed E-state index contributed by atoms with van der Waals surface area (Å²) in [4.78, 5) is 24.0. The van der Waals surface area contributed by atoms with Gasteiger partial charge in [-0.3, -0.25) is 4.79 Å². The first-order valence-corrected chi connectivity index (χ1v) is 7.44. The highest BCUT2D eigenvalue weighted by Crippen LogP contribution is 2.35. The first-order valence-electron chi connectivity index (χ1n) is 5.83. The van der Waals surface area contributed by atoms with Crippen molar-refractivity contribution in [1.82, 2.24) is 4.90 Å². The van der Waals surface area contributed by atoms with Gasteiger partial charge in [-0.05, 0) is 12.3 Å². The zero-order valence-corrected chi connectivity index (χ0v) is 10.6. The van der Waals surface area contributed by atoms with Crippen molar-refractivity contribution in [2.24, 2.45) is 11.1 Å². The first-order chi connectivity index (χ1) is 8.29. The number of nitrogens with zero attached hydrogens (tertiary/aromatic N) is 1. The van der Waals surface area contributed by atoms with Crippen LogP contribution in [-0.4, -0.2) is 48.1 Å². The summed E-state index contributed by atoms with van der Waals surface area (Å²) in [5.41, 5.74) is 0.